The molecule has 1 nitrogen and oxygen atoms in total. The number of rotatable bonds is 3. The average molecular weight is 322 g/mol. The van der Waals surface area contributed by atoms with E-state index in [0.717, 1.165) is 4.47 Å². The zero-order chi connectivity index (χ0) is 14.0. The van der Waals surface area contributed by atoms with Gasteiger partial charge in [0.1, 0.15) is 5.82 Å². The van der Waals surface area contributed by atoms with E-state index >= 15 is 0 Å². The zero-order valence-corrected chi connectivity index (χ0v) is 12.9. The van der Waals surface area contributed by atoms with Gasteiger partial charge in [-0.3, -0.25) is 0 Å². The molecule has 0 spiro atoms. The smallest absolute Gasteiger partial charge is 0.146 e. The lowest BCUT2D eigenvalue weighted by Gasteiger charge is -2.19. The number of nitrogens with one attached hydrogen (secondary N) is 1. The third kappa shape index (κ3) is 3.35. The molecule has 100 valence electrons. The van der Waals surface area contributed by atoms with Crippen LogP contribution < -0.4 is 5.32 Å². The number of hydrogen-bond acceptors (Lipinski definition) is 1. The van der Waals surface area contributed by atoms with Crippen molar-refractivity contribution in [1.82, 2.24) is 0 Å². The minimum absolute atomic E-state index is 0.0596. The van der Waals surface area contributed by atoms with E-state index in [-0.39, 0.29) is 11.9 Å². The lowest BCUT2D eigenvalue weighted by atomic mass is 10.00. The van der Waals surface area contributed by atoms with Crippen LogP contribution in [-0.4, -0.2) is 0 Å². The van der Waals surface area contributed by atoms with E-state index in [9.17, 15) is 4.39 Å². The van der Waals surface area contributed by atoms with Crippen LogP contribution in [-0.2, 0) is 0 Å². The number of anilines is 1. The summed E-state index contributed by atoms with van der Waals surface area (Å²) < 4.78 is 14.6. The molecule has 1 atom stereocenters. The molecule has 0 aromatic heterocycles. The number of benzene rings is 2. The summed E-state index contributed by atoms with van der Waals surface area (Å²) in [7, 11) is 0. The van der Waals surface area contributed by atoms with Crippen molar-refractivity contribution in [3.63, 3.8) is 0 Å². The summed E-state index contributed by atoms with van der Waals surface area (Å²) in [5.41, 5.74) is 4.16. The Morgan fingerprint density at radius 1 is 1.11 bits per heavy atom. The molecule has 0 aliphatic rings. The van der Waals surface area contributed by atoms with Crippen LogP contribution in [0.2, 0.25) is 0 Å². The van der Waals surface area contributed by atoms with Crippen LogP contribution in [0.3, 0.4) is 0 Å². The second kappa shape index (κ2) is 5.74. The summed E-state index contributed by atoms with van der Waals surface area (Å²) in [6.07, 6.45) is 0. The molecular weight excluding hydrogens is 305 g/mol. The highest BCUT2D eigenvalue weighted by atomic mass is 79.9. The van der Waals surface area contributed by atoms with E-state index in [2.05, 4.69) is 53.3 Å². The normalized spacial score (nSPS) is 12.3. The quantitative estimate of drug-likeness (QED) is 0.800. The summed E-state index contributed by atoms with van der Waals surface area (Å²) in [6, 6.07) is 11.3. The van der Waals surface area contributed by atoms with Gasteiger partial charge in [-0.2, -0.15) is 0 Å². The van der Waals surface area contributed by atoms with E-state index in [1.165, 1.54) is 22.8 Å². The second-order valence-electron chi connectivity index (χ2n) is 4.85. The van der Waals surface area contributed by atoms with Crippen molar-refractivity contribution < 1.29 is 4.39 Å². The largest absolute Gasteiger partial charge is 0.376 e. The highest BCUT2D eigenvalue weighted by molar-refractivity contribution is 9.10. The van der Waals surface area contributed by atoms with Gasteiger partial charge in [0.25, 0.3) is 0 Å². The van der Waals surface area contributed by atoms with Crippen molar-refractivity contribution in [3.8, 4) is 0 Å². The van der Waals surface area contributed by atoms with E-state index in [1.807, 2.05) is 6.92 Å². The van der Waals surface area contributed by atoms with Crippen LogP contribution in [0.25, 0.3) is 0 Å². The van der Waals surface area contributed by atoms with E-state index in [4.69, 9.17) is 0 Å². The Hall–Kier alpha value is -1.35. The third-order valence-corrected chi connectivity index (χ3v) is 3.69. The molecule has 0 radical (unpaired) electrons. The topological polar surface area (TPSA) is 12.0 Å². The van der Waals surface area contributed by atoms with Gasteiger partial charge in [-0.05, 0) is 50.1 Å². The molecule has 0 bridgehead atoms. The highest BCUT2D eigenvalue weighted by Crippen LogP contribution is 2.26. The number of hydrogen-bond donors (Lipinski definition) is 1. The maximum atomic E-state index is 13.7. The van der Waals surface area contributed by atoms with Crippen molar-refractivity contribution in [2.45, 2.75) is 26.8 Å². The van der Waals surface area contributed by atoms with E-state index < -0.39 is 0 Å². The van der Waals surface area contributed by atoms with Crippen LogP contribution in [0.1, 0.15) is 29.7 Å². The van der Waals surface area contributed by atoms with Gasteiger partial charge in [0.15, 0.2) is 0 Å². The SMILES string of the molecule is Cc1ccc(C(C)Nc2cc(Br)ccc2F)c(C)c1. The van der Waals surface area contributed by atoms with Crippen molar-refractivity contribution in [2.24, 2.45) is 0 Å². The molecule has 2 aromatic rings. The van der Waals surface area contributed by atoms with Gasteiger partial charge < -0.3 is 5.32 Å². The average Bonchev–Trinajstić information content (AvgIpc) is 2.33. The first-order valence-corrected chi connectivity index (χ1v) is 7.05. The van der Waals surface area contributed by atoms with Gasteiger partial charge in [0.05, 0.1) is 5.69 Å². The molecule has 0 aliphatic heterocycles. The fraction of sp³-hybridized carbons (Fsp3) is 0.250. The maximum absolute atomic E-state index is 13.7. The molecule has 0 heterocycles. The van der Waals surface area contributed by atoms with Crippen LogP contribution in [0, 0.1) is 19.7 Å². The number of halogens is 2. The minimum Gasteiger partial charge on any atom is -0.376 e. The van der Waals surface area contributed by atoms with Crippen molar-refractivity contribution in [3.05, 3.63) is 63.4 Å². The third-order valence-electron chi connectivity index (χ3n) is 3.19. The Labute approximate surface area is 122 Å². The first-order chi connectivity index (χ1) is 8.97. The molecule has 0 saturated heterocycles. The molecule has 0 saturated carbocycles. The fourth-order valence-corrected chi connectivity index (χ4v) is 2.59. The van der Waals surface area contributed by atoms with Gasteiger partial charge >= 0.3 is 0 Å². The van der Waals surface area contributed by atoms with Gasteiger partial charge in [-0.15, -0.1) is 0 Å². The van der Waals surface area contributed by atoms with Crippen LogP contribution in [0.15, 0.2) is 40.9 Å². The first kappa shape index (κ1) is 14.1. The molecule has 2 rings (SSSR count). The predicted molar refractivity (Wildman–Crippen MR) is 82.1 cm³/mol. The monoisotopic (exact) mass is 321 g/mol. The maximum Gasteiger partial charge on any atom is 0.146 e. The van der Waals surface area contributed by atoms with Gasteiger partial charge in [0, 0.05) is 10.5 Å². The summed E-state index contributed by atoms with van der Waals surface area (Å²) in [5, 5.41) is 3.22. The Morgan fingerprint density at radius 3 is 2.53 bits per heavy atom. The second-order valence-corrected chi connectivity index (χ2v) is 5.77. The molecule has 2 aromatic carbocycles. The zero-order valence-electron chi connectivity index (χ0n) is 11.3. The molecule has 0 aliphatic carbocycles. The Morgan fingerprint density at radius 2 is 1.84 bits per heavy atom. The Kier molecular flexibility index (Phi) is 4.25. The standard InChI is InChI=1S/C16H17BrFN/c1-10-4-6-14(11(2)8-10)12(3)19-16-9-13(17)5-7-15(16)18/h4-9,12,19H,1-3H3. The van der Waals surface area contributed by atoms with E-state index in [1.54, 1.807) is 12.1 Å². The van der Waals surface area contributed by atoms with Crippen LogP contribution in [0.5, 0.6) is 0 Å². The summed E-state index contributed by atoms with van der Waals surface area (Å²) in [4.78, 5) is 0. The lowest BCUT2D eigenvalue weighted by molar-refractivity contribution is 0.627. The van der Waals surface area contributed by atoms with E-state index in [0.29, 0.717) is 5.69 Å². The highest BCUT2D eigenvalue weighted by Gasteiger charge is 2.11. The lowest BCUT2D eigenvalue weighted by Crippen LogP contribution is -2.09. The molecule has 3 heteroatoms. The first-order valence-electron chi connectivity index (χ1n) is 6.26. The van der Waals surface area contributed by atoms with Crippen molar-refractivity contribution in [1.29, 1.82) is 0 Å². The summed E-state index contributed by atoms with van der Waals surface area (Å²) in [6.45, 7) is 6.19. The Bertz CT molecular complexity index is 595. The van der Waals surface area contributed by atoms with Crippen LogP contribution in [0.4, 0.5) is 10.1 Å². The molecular formula is C16H17BrFN. The predicted octanol–water partition coefficient (Wildman–Crippen LogP) is 5.38. The van der Waals surface area contributed by atoms with Crippen LogP contribution >= 0.6 is 15.9 Å². The van der Waals surface area contributed by atoms with Crippen molar-refractivity contribution >= 4 is 21.6 Å². The van der Waals surface area contributed by atoms with Gasteiger partial charge in [-0.1, -0.05) is 39.7 Å². The molecule has 19 heavy (non-hydrogen) atoms. The van der Waals surface area contributed by atoms with Gasteiger partial charge in [-0.25, -0.2) is 4.39 Å². The number of aryl methyl sites for hydroxylation is 2. The van der Waals surface area contributed by atoms with Crippen molar-refractivity contribution in [2.75, 3.05) is 5.32 Å². The summed E-state index contributed by atoms with van der Waals surface area (Å²) in [5.74, 6) is -0.236. The minimum atomic E-state index is -0.236. The molecule has 1 N–H and O–H groups in total. The molecule has 1 unspecified atom stereocenters. The molecule has 0 amide bonds. The molecule has 0 fully saturated rings. The Balaban J connectivity index is 2.25. The fourth-order valence-electron chi connectivity index (χ4n) is 2.23. The van der Waals surface area contributed by atoms with Gasteiger partial charge in [0.2, 0.25) is 0 Å². The summed E-state index contributed by atoms with van der Waals surface area (Å²) >= 11 is 3.36.